The van der Waals surface area contributed by atoms with Gasteiger partial charge >= 0.3 is 0 Å². The van der Waals surface area contributed by atoms with Gasteiger partial charge in [-0.15, -0.1) is 0 Å². The quantitative estimate of drug-likeness (QED) is 0.844. The first-order valence-electron chi connectivity index (χ1n) is 6.03. The van der Waals surface area contributed by atoms with Crippen LogP contribution in [0.2, 0.25) is 5.02 Å². The smallest absolute Gasteiger partial charge is 0.207 e. The molecule has 112 valence electrons. The Morgan fingerprint density at radius 3 is 2.52 bits per heavy atom. The van der Waals surface area contributed by atoms with E-state index in [9.17, 15) is 12.8 Å². The molecule has 0 heterocycles. The van der Waals surface area contributed by atoms with Crippen molar-refractivity contribution in [1.82, 2.24) is 4.72 Å². The van der Waals surface area contributed by atoms with Gasteiger partial charge in [-0.05, 0) is 36.8 Å². The summed E-state index contributed by atoms with van der Waals surface area (Å²) in [5.41, 5.74) is 0.625. The maximum atomic E-state index is 13.8. The molecule has 0 spiro atoms. The molecule has 0 aromatic heterocycles. The predicted molar refractivity (Wildman–Crippen MR) is 84.3 cm³/mol. The molecule has 21 heavy (non-hydrogen) atoms. The van der Waals surface area contributed by atoms with Crippen molar-refractivity contribution in [3.05, 3.63) is 63.3 Å². The molecule has 1 N–H and O–H groups in total. The number of nitrogens with one attached hydrogen (secondary N) is 1. The van der Waals surface area contributed by atoms with Crippen molar-refractivity contribution in [2.75, 3.05) is 0 Å². The van der Waals surface area contributed by atoms with Gasteiger partial charge in [-0.3, -0.25) is 0 Å². The Morgan fingerprint density at radius 2 is 1.90 bits per heavy atom. The van der Waals surface area contributed by atoms with Gasteiger partial charge in [0.2, 0.25) is 10.0 Å². The number of sulfonamides is 1. The molecule has 0 saturated heterocycles. The molecule has 0 aliphatic carbocycles. The molecule has 2 aromatic carbocycles. The summed E-state index contributed by atoms with van der Waals surface area (Å²) in [5.74, 6) is -0.816. The van der Waals surface area contributed by atoms with Crippen LogP contribution in [0.1, 0.15) is 18.5 Å². The average molecular weight is 393 g/mol. The molecule has 0 radical (unpaired) electrons. The van der Waals surface area contributed by atoms with E-state index >= 15 is 0 Å². The van der Waals surface area contributed by atoms with Crippen molar-refractivity contribution in [3.63, 3.8) is 0 Å². The van der Waals surface area contributed by atoms with Crippen molar-refractivity contribution < 1.29 is 12.8 Å². The maximum absolute atomic E-state index is 13.8. The highest BCUT2D eigenvalue weighted by Gasteiger charge is 2.23. The SMILES string of the molecule is CC(NS(=O)(=O)c1ccc(Br)cc1F)c1ccccc1Cl. The highest BCUT2D eigenvalue weighted by Crippen LogP contribution is 2.25. The Hall–Kier alpha value is -0.950. The van der Waals surface area contributed by atoms with E-state index in [-0.39, 0.29) is 0 Å². The monoisotopic (exact) mass is 391 g/mol. The van der Waals surface area contributed by atoms with E-state index in [1.54, 1.807) is 31.2 Å². The third-order valence-electron chi connectivity index (χ3n) is 2.89. The zero-order valence-corrected chi connectivity index (χ0v) is 14.1. The summed E-state index contributed by atoms with van der Waals surface area (Å²) in [6, 6.07) is 10.1. The van der Waals surface area contributed by atoms with Crippen molar-refractivity contribution in [2.24, 2.45) is 0 Å². The normalized spacial score (nSPS) is 13.1. The second-order valence-corrected chi connectivity index (χ2v) is 7.44. The molecule has 2 aromatic rings. The predicted octanol–water partition coefficient (Wildman–Crippen LogP) is 4.28. The molecular formula is C14H12BrClFNO2S. The molecule has 0 saturated carbocycles. The molecule has 0 bridgehead atoms. The lowest BCUT2D eigenvalue weighted by molar-refractivity contribution is 0.546. The van der Waals surface area contributed by atoms with Crippen LogP contribution in [0.5, 0.6) is 0 Å². The standard InChI is InChI=1S/C14H12BrClFNO2S/c1-9(11-4-2-3-5-12(11)16)18-21(19,20)14-7-6-10(15)8-13(14)17/h2-9,18H,1H3. The van der Waals surface area contributed by atoms with Crippen LogP contribution < -0.4 is 4.72 Å². The van der Waals surface area contributed by atoms with Gasteiger partial charge in [0.05, 0.1) is 0 Å². The van der Waals surface area contributed by atoms with Crippen LogP contribution in [0.4, 0.5) is 4.39 Å². The molecule has 2 rings (SSSR count). The number of halogens is 3. The molecule has 7 heteroatoms. The second kappa shape index (κ2) is 6.44. The lowest BCUT2D eigenvalue weighted by atomic mass is 10.1. The Balaban J connectivity index is 2.31. The zero-order valence-electron chi connectivity index (χ0n) is 11.0. The van der Waals surface area contributed by atoms with Crippen LogP contribution in [-0.4, -0.2) is 8.42 Å². The van der Waals surface area contributed by atoms with Gasteiger partial charge < -0.3 is 0 Å². The number of hydrogen-bond acceptors (Lipinski definition) is 2. The summed E-state index contributed by atoms with van der Waals surface area (Å²) < 4.78 is 41.2. The van der Waals surface area contributed by atoms with Crippen LogP contribution in [0.25, 0.3) is 0 Å². The minimum absolute atomic E-state index is 0.399. The second-order valence-electron chi connectivity index (χ2n) is 4.44. The molecule has 1 unspecified atom stereocenters. The third kappa shape index (κ3) is 3.83. The van der Waals surface area contributed by atoms with E-state index < -0.39 is 26.8 Å². The summed E-state index contributed by atoms with van der Waals surface area (Å²) in [4.78, 5) is -0.399. The molecule has 3 nitrogen and oxygen atoms in total. The van der Waals surface area contributed by atoms with Crippen LogP contribution >= 0.6 is 27.5 Å². The molecule has 0 aliphatic rings. The minimum Gasteiger partial charge on any atom is -0.207 e. The van der Waals surface area contributed by atoms with Crippen molar-refractivity contribution in [1.29, 1.82) is 0 Å². The number of rotatable bonds is 4. The van der Waals surface area contributed by atoms with E-state index in [1.165, 1.54) is 12.1 Å². The number of hydrogen-bond donors (Lipinski definition) is 1. The Labute approximate surface area is 136 Å². The zero-order chi connectivity index (χ0) is 15.6. The van der Waals surface area contributed by atoms with Crippen molar-refractivity contribution >= 4 is 37.6 Å². The lowest BCUT2D eigenvalue weighted by Crippen LogP contribution is -2.27. The van der Waals surface area contributed by atoms with Gasteiger partial charge in [0.15, 0.2) is 0 Å². The Morgan fingerprint density at radius 1 is 1.24 bits per heavy atom. The maximum Gasteiger partial charge on any atom is 0.244 e. The van der Waals surface area contributed by atoms with Crippen molar-refractivity contribution in [2.45, 2.75) is 17.9 Å². The largest absolute Gasteiger partial charge is 0.244 e. The Bertz CT molecular complexity index is 767. The molecule has 0 amide bonds. The fraction of sp³-hybridized carbons (Fsp3) is 0.143. The van der Waals surface area contributed by atoms with Crippen LogP contribution in [0.15, 0.2) is 51.8 Å². The summed E-state index contributed by atoms with van der Waals surface area (Å²) in [7, 11) is -3.98. The summed E-state index contributed by atoms with van der Waals surface area (Å²) in [6.07, 6.45) is 0. The average Bonchev–Trinajstić information content (AvgIpc) is 2.37. The Kier molecular flexibility index (Phi) is 5.03. The third-order valence-corrected chi connectivity index (χ3v) is 5.30. The van der Waals surface area contributed by atoms with E-state index in [0.717, 1.165) is 6.07 Å². The summed E-state index contributed by atoms with van der Waals surface area (Å²) in [5, 5.41) is 0.448. The van der Waals surface area contributed by atoms with Gasteiger partial charge in [-0.1, -0.05) is 45.7 Å². The van der Waals surface area contributed by atoms with Gasteiger partial charge in [0.1, 0.15) is 10.7 Å². The molecule has 0 aliphatic heterocycles. The lowest BCUT2D eigenvalue weighted by Gasteiger charge is -2.16. The van der Waals surface area contributed by atoms with Crippen LogP contribution in [-0.2, 0) is 10.0 Å². The van der Waals surface area contributed by atoms with Crippen LogP contribution in [0, 0.1) is 5.82 Å². The van der Waals surface area contributed by atoms with Gasteiger partial charge in [-0.25, -0.2) is 17.5 Å². The van der Waals surface area contributed by atoms with Gasteiger partial charge in [0, 0.05) is 15.5 Å². The highest BCUT2D eigenvalue weighted by molar-refractivity contribution is 9.10. The van der Waals surface area contributed by atoms with E-state index in [4.69, 9.17) is 11.6 Å². The fourth-order valence-corrected chi connectivity index (χ4v) is 3.79. The first kappa shape index (κ1) is 16.4. The van der Waals surface area contributed by atoms with Gasteiger partial charge in [0.25, 0.3) is 0 Å². The van der Waals surface area contributed by atoms with E-state index in [2.05, 4.69) is 20.7 Å². The first-order valence-corrected chi connectivity index (χ1v) is 8.68. The first-order chi connectivity index (χ1) is 9.81. The topological polar surface area (TPSA) is 46.2 Å². The molecular weight excluding hydrogens is 381 g/mol. The van der Waals surface area contributed by atoms with Crippen molar-refractivity contribution in [3.8, 4) is 0 Å². The van der Waals surface area contributed by atoms with E-state index in [1.807, 2.05) is 0 Å². The number of benzene rings is 2. The fourth-order valence-electron chi connectivity index (χ4n) is 1.88. The van der Waals surface area contributed by atoms with E-state index in [0.29, 0.717) is 15.1 Å². The highest BCUT2D eigenvalue weighted by atomic mass is 79.9. The molecule has 1 atom stereocenters. The summed E-state index contributed by atoms with van der Waals surface area (Å²) in [6.45, 7) is 1.65. The van der Waals surface area contributed by atoms with Gasteiger partial charge in [-0.2, -0.15) is 0 Å². The van der Waals surface area contributed by atoms with Crippen LogP contribution in [0.3, 0.4) is 0 Å². The molecule has 0 fully saturated rings. The summed E-state index contributed by atoms with van der Waals surface area (Å²) >= 11 is 9.12. The minimum atomic E-state index is -3.98.